The minimum Gasteiger partial charge on any atom is -0.610 e. The summed E-state index contributed by atoms with van der Waals surface area (Å²) in [6.07, 6.45) is 5.26. The summed E-state index contributed by atoms with van der Waals surface area (Å²) in [4.78, 5) is 28.1. The molecule has 5 nitrogen and oxygen atoms in total. The van der Waals surface area contributed by atoms with Gasteiger partial charge >= 0.3 is 4.34 Å². The van der Waals surface area contributed by atoms with Gasteiger partial charge < -0.3 is 9.87 Å². The Morgan fingerprint density at radius 1 is 1.59 bits per heavy atom. The van der Waals surface area contributed by atoms with Crippen LogP contribution in [0, 0.1) is 17.8 Å². The number of carbonyl (C=O) groups is 2. The number of aromatic nitrogens is 1. The predicted octanol–water partition coefficient (Wildman–Crippen LogP) is 2.01. The van der Waals surface area contributed by atoms with Crippen LogP contribution in [0.3, 0.4) is 0 Å². The zero-order valence-corrected chi connectivity index (χ0v) is 14.2. The largest absolute Gasteiger partial charge is 0.610 e. The Kier molecular flexibility index (Phi) is 4.84. The highest BCUT2D eigenvalue weighted by Crippen LogP contribution is 2.57. The van der Waals surface area contributed by atoms with Crippen LogP contribution in [-0.4, -0.2) is 33.5 Å². The van der Waals surface area contributed by atoms with E-state index in [9.17, 15) is 14.1 Å². The first-order valence-corrected chi connectivity index (χ1v) is 9.90. The standard InChI is InChI=1S/C15H20N2O3S2/c1-2-22(20)15-17-8-12(21-15)14(19)16-7-3-4-9-10-5-6-11(18)13(9)10/h8-10,13H,2-7H2,1H3,(H,16,19). The van der Waals surface area contributed by atoms with E-state index in [1.807, 2.05) is 6.92 Å². The molecular weight excluding hydrogens is 320 g/mol. The Morgan fingerprint density at radius 3 is 3.09 bits per heavy atom. The number of ketones is 1. The third-order valence-corrected chi connectivity index (χ3v) is 7.21. The summed E-state index contributed by atoms with van der Waals surface area (Å²) in [5.74, 6) is 2.35. The van der Waals surface area contributed by atoms with Crippen LogP contribution in [0.15, 0.2) is 10.5 Å². The molecule has 2 fully saturated rings. The van der Waals surface area contributed by atoms with Crippen LogP contribution in [0.4, 0.5) is 0 Å². The van der Waals surface area contributed by atoms with Gasteiger partial charge in [-0.25, -0.2) is 0 Å². The molecule has 0 bridgehead atoms. The van der Waals surface area contributed by atoms with Gasteiger partial charge in [0, 0.05) is 30.1 Å². The highest BCUT2D eigenvalue weighted by molar-refractivity contribution is 7.93. The fraction of sp³-hybridized carbons (Fsp3) is 0.667. The first-order valence-electron chi connectivity index (χ1n) is 7.77. The van der Waals surface area contributed by atoms with E-state index < -0.39 is 11.2 Å². The highest BCUT2D eigenvalue weighted by Gasteiger charge is 2.56. The van der Waals surface area contributed by atoms with Crippen molar-refractivity contribution in [1.29, 1.82) is 0 Å². The second-order valence-corrected chi connectivity index (χ2v) is 8.83. The van der Waals surface area contributed by atoms with E-state index in [2.05, 4.69) is 10.3 Å². The van der Waals surface area contributed by atoms with E-state index in [1.165, 1.54) is 17.5 Å². The fourth-order valence-electron chi connectivity index (χ4n) is 3.40. The Bertz CT molecular complexity index is 575. The number of hydrogen-bond acceptors (Lipinski definition) is 5. The van der Waals surface area contributed by atoms with Crippen LogP contribution in [0.1, 0.15) is 42.3 Å². The lowest BCUT2D eigenvalue weighted by Crippen LogP contribution is -2.23. The molecule has 4 unspecified atom stereocenters. The number of Topliss-reactive ketones (excluding diaryl/α,β-unsaturated/α-hetero) is 1. The molecule has 1 amide bonds. The van der Waals surface area contributed by atoms with E-state index >= 15 is 0 Å². The number of nitrogens with one attached hydrogen (secondary N) is 1. The van der Waals surface area contributed by atoms with Crippen LogP contribution in [-0.2, 0) is 16.0 Å². The van der Waals surface area contributed by atoms with E-state index in [1.54, 1.807) is 0 Å². The normalized spacial score (nSPS) is 27.5. The maximum atomic E-state index is 12.0. The summed E-state index contributed by atoms with van der Waals surface area (Å²) >= 11 is 0.0942. The van der Waals surface area contributed by atoms with Gasteiger partial charge in [-0.2, -0.15) is 4.98 Å². The van der Waals surface area contributed by atoms with E-state index in [0.29, 0.717) is 45.1 Å². The number of carbonyl (C=O) groups excluding carboxylic acids is 2. The lowest BCUT2D eigenvalue weighted by atomic mass is 10.1. The smallest absolute Gasteiger partial charge is 0.302 e. The minimum atomic E-state index is -1.10. The molecule has 0 aromatic carbocycles. The van der Waals surface area contributed by atoms with Crippen molar-refractivity contribution >= 4 is 34.2 Å². The zero-order valence-electron chi connectivity index (χ0n) is 12.5. The molecule has 0 saturated heterocycles. The second kappa shape index (κ2) is 6.68. The van der Waals surface area contributed by atoms with Crippen molar-refractivity contribution in [3.05, 3.63) is 11.1 Å². The van der Waals surface area contributed by atoms with Crippen LogP contribution >= 0.6 is 11.3 Å². The highest BCUT2D eigenvalue weighted by atomic mass is 32.2. The van der Waals surface area contributed by atoms with Crippen molar-refractivity contribution in [2.24, 2.45) is 17.8 Å². The Balaban J connectivity index is 1.38. The lowest BCUT2D eigenvalue weighted by molar-refractivity contribution is -0.119. The number of rotatable bonds is 7. The molecule has 1 heterocycles. The average molecular weight is 340 g/mol. The molecule has 0 aliphatic heterocycles. The summed E-state index contributed by atoms with van der Waals surface area (Å²) in [5.41, 5.74) is 0. The van der Waals surface area contributed by atoms with Crippen LogP contribution in [0.25, 0.3) is 0 Å². The molecule has 120 valence electrons. The van der Waals surface area contributed by atoms with Gasteiger partial charge in [0.15, 0.2) is 0 Å². The maximum absolute atomic E-state index is 12.0. The molecule has 4 atom stereocenters. The number of nitrogens with zero attached hydrogens (tertiary/aromatic N) is 1. The predicted molar refractivity (Wildman–Crippen MR) is 85.3 cm³/mol. The van der Waals surface area contributed by atoms with Crippen molar-refractivity contribution in [1.82, 2.24) is 10.3 Å². The second-order valence-electron chi connectivity index (χ2n) is 5.88. The molecule has 7 heteroatoms. The van der Waals surface area contributed by atoms with Gasteiger partial charge in [0.05, 0.1) is 6.20 Å². The molecule has 2 aliphatic carbocycles. The Morgan fingerprint density at radius 2 is 2.41 bits per heavy atom. The first kappa shape index (κ1) is 16.0. The lowest BCUT2D eigenvalue weighted by Gasteiger charge is -2.04. The summed E-state index contributed by atoms with van der Waals surface area (Å²) in [7, 11) is 0. The van der Waals surface area contributed by atoms with Gasteiger partial charge in [-0.15, -0.1) is 0 Å². The fourth-order valence-corrected chi connectivity index (χ4v) is 5.38. The van der Waals surface area contributed by atoms with Crippen LogP contribution in [0.5, 0.6) is 0 Å². The van der Waals surface area contributed by atoms with Gasteiger partial charge in [-0.1, -0.05) is 11.3 Å². The topological polar surface area (TPSA) is 82.1 Å². The molecule has 1 N–H and O–H groups in total. The molecular formula is C15H20N2O3S2. The van der Waals surface area contributed by atoms with Crippen molar-refractivity contribution < 1.29 is 14.1 Å². The summed E-state index contributed by atoms with van der Waals surface area (Å²) in [6, 6.07) is 0. The Labute approximate surface area is 137 Å². The quantitative estimate of drug-likeness (QED) is 0.608. The van der Waals surface area contributed by atoms with Crippen molar-refractivity contribution in [2.45, 2.75) is 36.9 Å². The van der Waals surface area contributed by atoms with Crippen molar-refractivity contribution in [3.63, 3.8) is 0 Å². The van der Waals surface area contributed by atoms with E-state index in [0.717, 1.165) is 25.7 Å². The summed E-state index contributed by atoms with van der Waals surface area (Å²) in [6.45, 7) is 2.45. The molecule has 0 spiro atoms. The van der Waals surface area contributed by atoms with Crippen molar-refractivity contribution in [3.8, 4) is 0 Å². The van der Waals surface area contributed by atoms with Gasteiger partial charge in [-0.05, 0) is 38.0 Å². The Hall–Kier alpha value is -0.920. The van der Waals surface area contributed by atoms with E-state index in [-0.39, 0.29) is 5.91 Å². The number of thiazole rings is 1. The summed E-state index contributed by atoms with van der Waals surface area (Å²) < 4.78 is 12.1. The number of hydrogen-bond donors (Lipinski definition) is 1. The van der Waals surface area contributed by atoms with Crippen LogP contribution < -0.4 is 5.32 Å². The molecule has 2 saturated carbocycles. The third-order valence-electron chi connectivity index (χ3n) is 4.59. The van der Waals surface area contributed by atoms with E-state index in [4.69, 9.17) is 0 Å². The van der Waals surface area contributed by atoms with Crippen LogP contribution in [0.2, 0.25) is 0 Å². The monoisotopic (exact) mass is 340 g/mol. The first-order chi connectivity index (χ1) is 10.6. The minimum absolute atomic E-state index is 0.149. The summed E-state index contributed by atoms with van der Waals surface area (Å²) in [5, 5.41) is 2.88. The molecule has 2 aliphatic rings. The molecule has 3 rings (SSSR count). The molecule has 22 heavy (non-hydrogen) atoms. The maximum Gasteiger partial charge on any atom is 0.302 e. The van der Waals surface area contributed by atoms with Gasteiger partial charge in [0.2, 0.25) is 0 Å². The van der Waals surface area contributed by atoms with Crippen molar-refractivity contribution in [2.75, 3.05) is 12.3 Å². The van der Waals surface area contributed by atoms with Gasteiger partial charge in [0.1, 0.15) is 16.4 Å². The van der Waals surface area contributed by atoms with Gasteiger partial charge in [0.25, 0.3) is 5.91 Å². The number of amides is 1. The van der Waals surface area contributed by atoms with Gasteiger partial charge in [-0.3, -0.25) is 9.59 Å². The molecule has 1 aromatic heterocycles. The third kappa shape index (κ3) is 3.21. The molecule has 1 aromatic rings. The average Bonchev–Trinajstić information content (AvgIpc) is 2.87. The number of fused-ring (bicyclic) bond motifs is 1. The SMILES string of the molecule is CC[S+]([O-])c1ncc(C(=O)NCCCC2C3CCC(=O)C23)s1. The molecule has 0 radical (unpaired) electrons. The zero-order chi connectivity index (χ0) is 15.7.